The molecule has 2 atom stereocenters. The van der Waals surface area contributed by atoms with Crippen LogP contribution in [0, 0.1) is 0 Å². The van der Waals surface area contributed by atoms with Gasteiger partial charge < -0.3 is 15.0 Å². The van der Waals surface area contributed by atoms with Crippen LogP contribution in [0.5, 0.6) is 5.75 Å². The van der Waals surface area contributed by atoms with Gasteiger partial charge >= 0.3 is 0 Å². The first-order chi connectivity index (χ1) is 9.50. The molecule has 2 rings (SSSR count). The highest BCUT2D eigenvalue weighted by Gasteiger charge is 2.27. The molecule has 1 saturated heterocycles. The van der Waals surface area contributed by atoms with Gasteiger partial charge in [-0.2, -0.15) is 0 Å². The number of hydrogen-bond acceptors (Lipinski definition) is 3. The molecule has 0 saturated carbocycles. The average molecular weight is 317 g/mol. The summed E-state index contributed by atoms with van der Waals surface area (Å²) in [6.07, 6.45) is 0.365. The first-order valence-corrected chi connectivity index (χ1v) is 7.34. The van der Waals surface area contributed by atoms with Crippen LogP contribution in [0.3, 0.4) is 0 Å². The van der Waals surface area contributed by atoms with E-state index < -0.39 is 6.10 Å². The third-order valence-corrected chi connectivity index (χ3v) is 4.30. The van der Waals surface area contributed by atoms with Crippen LogP contribution in [0.1, 0.15) is 13.3 Å². The summed E-state index contributed by atoms with van der Waals surface area (Å²) in [6, 6.07) is 5.35. The first kappa shape index (κ1) is 15.4. The largest absolute Gasteiger partial charge is 0.479 e. The van der Waals surface area contributed by atoms with Crippen molar-refractivity contribution in [1.29, 1.82) is 0 Å². The van der Waals surface area contributed by atoms with Crippen LogP contribution in [0.15, 0.2) is 18.2 Å². The maximum Gasteiger partial charge on any atom is 0.263 e. The number of amides is 1. The third-order valence-electron chi connectivity index (χ3n) is 3.50. The summed E-state index contributed by atoms with van der Waals surface area (Å²) in [7, 11) is 1.80. The second-order valence-corrected chi connectivity index (χ2v) is 5.69. The highest BCUT2D eigenvalue weighted by Crippen LogP contribution is 2.32. The van der Waals surface area contributed by atoms with Crippen molar-refractivity contribution >= 4 is 29.1 Å². The predicted octanol–water partition coefficient (Wildman–Crippen LogP) is 2.58. The van der Waals surface area contributed by atoms with Crippen LogP contribution in [0.4, 0.5) is 0 Å². The molecule has 1 aromatic carbocycles. The fraction of sp³-hybridized carbons (Fsp3) is 0.500. The van der Waals surface area contributed by atoms with Gasteiger partial charge in [-0.05, 0) is 32.0 Å². The van der Waals surface area contributed by atoms with Crippen molar-refractivity contribution in [2.75, 3.05) is 20.1 Å². The molecule has 0 aromatic heterocycles. The van der Waals surface area contributed by atoms with E-state index in [0.29, 0.717) is 15.8 Å². The molecule has 1 amide bonds. The molecule has 6 heteroatoms. The predicted molar refractivity (Wildman–Crippen MR) is 80.6 cm³/mol. The van der Waals surface area contributed by atoms with E-state index in [1.54, 1.807) is 37.1 Å². The van der Waals surface area contributed by atoms with Crippen molar-refractivity contribution in [1.82, 2.24) is 10.2 Å². The summed E-state index contributed by atoms with van der Waals surface area (Å²) < 4.78 is 5.64. The van der Waals surface area contributed by atoms with Crippen LogP contribution in [0.25, 0.3) is 0 Å². The van der Waals surface area contributed by atoms with Crippen LogP contribution in [0.2, 0.25) is 10.0 Å². The van der Waals surface area contributed by atoms with E-state index in [1.807, 2.05) is 0 Å². The summed E-state index contributed by atoms with van der Waals surface area (Å²) >= 11 is 12.0. The molecular weight excluding hydrogens is 299 g/mol. The summed E-state index contributed by atoms with van der Waals surface area (Å²) in [4.78, 5) is 14.1. The topological polar surface area (TPSA) is 41.6 Å². The van der Waals surface area contributed by atoms with E-state index in [2.05, 4.69) is 5.32 Å². The van der Waals surface area contributed by atoms with Gasteiger partial charge in [0.05, 0.1) is 5.02 Å². The molecule has 1 N–H and O–H groups in total. The Morgan fingerprint density at radius 3 is 2.90 bits per heavy atom. The molecule has 110 valence electrons. The number of carbonyl (C=O) groups excluding carboxylic acids is 1. The molecule has 20 heavy (non-hydrogen) atoms. The van der Waals surface area contributed by atoms with Crippen molar-refractivity contribution < 1.29 is 9.53 Å². The Kier molecular flexibility index (Phi) is 5.13. The van der Waals surface area contributed by atoms with Gasteiger partial charge in [-0.15, -0.1) is 0 Å². The number of likely N-dealkylation sites (N-methyl/N-ethyl adjacent to an activating group) is 1. The van der Waals surface area contributed by atoms with Gasteiger partial charge in [0.2, 0.25) is 0 Å². The monoisotopic (exact) mass is 316 g/mol. The standard InChI is InChI=1S/C14H18Cl2N2O2/c1-9(14(19)18(2)10-6-7-17-8-10)20-12-5-3-4-11(15)13(12)16/h3-5,9-10,17H,6-8H2,1-2H3. The van der Waals surface area contributed by atoms with E-state index in [4.69, 9.17) is 27.9 Å². The van der Waals surface area contributed by atoms with Crippen LogP contribution < -0.4 is 10.1 Å². The second-order valence-electron chi connectivity index (χ2n) is 4.91. The molecular formula is C14H18Cl2N2O2. The smallest absolute Gasteiger partial charge is 0.263 e. The summed E-state index contributed by atoms with van der Waals surface area (Å²) in [6.45, 7) is 3.49. The number of benzene rings is 1. The van der Waals surface area contributed by atoms with E-state index in [1.165, 1.54) is 0 Å². The normalized spacial score (nSPS) is 19.7. The summed E-state index contributed by atoms with van der Waals surface area (Å²) in [5.74, 6) is 0.368. The number of hydrogen-bond donors (Lipinski definition) is 1. The van der Waals surface area contributed by atoms with Crippen LogP contribution in [-0.2, 0) is 4.79 Å². The Labute approximate surface area is 129 Å². The Bertz CT molecular complexity index is 490. The fourth-order valence-electron chi connectivity index (χ4n) is 2.25. The zero-order chi connectivity index (χ0) is 14.7. The highest BCUT2D eigenvalue weighted by atomic mass is 35.5. The minimum absolute atomic E-state index is 0.0604. The lowest BCUT2D eigenvalue weighted by Gasteiger charge is -2.27. The van der Waals surface area contributed by atoms with Crippen molar-refractivity contribution in [3.8, 4) is 5.75 Å². The molecule has 1 aliphatic heterocycles. The summed E-state index contributed by atoms with van der Waals surface area (Å²) in [5, 5.41) is 3.99. The van der Waals surface area contributed by atoms with Gasteiger partial charge in [0, 0.05) is 19.6 Å². The lowest BCUT2D eigenvalue weighted by molar-refractivity contribution is -0.138. The SMILES string of the molecule is CC(Oc1cccc(Cl)c1Cl)C(=O)N(C)C1CCNC1. The molecule has 0 radical (unpaired) electrons. The first-order valence-electron chi connectivity index (χ1n) is 6.58. The number of nitrogens with zero attached hydrogens (tertiary/aromatic N) is 1. The van der Waals surface area contributed by atoms with Crippen molar-refractivity contribution in [3.63, 3.8) is 0 Å². The lowest BCUT2D eigenvalue weighted by Crippen LogP contribution is -2.44. The minimum atomic E-state index is -0.600. The third kappa shape index (κ3) is 3.37. The number of carbonyl (C=O) groups is 1. The van der Waals surface area contributed by atoms with Gasteiger partial charge in [0.15, 0.2) is 6.10 Å². The van der Waals surface area contributed by atoms with E-state index in [9.17, 15) is 4.79 Å². The van der Waals surface area contributed by atoms with Crippen LogP contribution in [-0.4, -0.2) is 43.1 Å². The molecule has 0 aliphatic carbocycles. The number of nitrogens with one attached hydrogen (secondary N) is 1. The molecule has 0 spiro atoms. The number of ether oxygens (including phenoxy) is 1. The van der Waals surface area contributed by atoms with E-state index >= 15 is 0 Å². The van der Waals surface area contributed by atoms with Gasteiger partial charge in [-0.1, -0.05) is 29.3 Å². The average Bonchev–Trinajstić information content (AvgIpc) is 2.96. The second kappa shape index (κ2) is 6.66. The van der Waals surface area contributed by atoms with Crippen molar-refractivity contribution in [3.05, 3.63) is 28.2 Å². The highest BCUT2D eigenvalue weighted by molar-refractivity contribution is 6.42. The summed E-state index contributed by atoms with van der Waals surface area (Å²) in [5.41, 5.74) is 0. The quantitative estimate of drug-likeness (QED) is 0.928. The maximum atomic E-state index is 12.3. The Balaban J connectivity index is 2.01. The van der Waals surface area contributed by atoms with Crippen molar-refractivity contribution in [2.45, 2.75) is 25.5 Å². The van der Waals surface area contributed by atoms with Gasteiger partial charge in [0.1, 0.15) is 10.8 Å². The zero-order valence-electron chi connectivity index (χ0n) is 11.5. The number of rotatable bonds is 4. The van der Waals surface area contributed by atoms with Crippen molar-refractivity contribution in [2.24, 2.45) is 0 Å². The molecule has 1 fully saturated rings. The van der Waals surface area contributed by atoms with E-state index in [0.717, 1.165) is 19.5 Å². The van der Waals surface area contributed by atoms with Crippen LogP contribution >= 0.6 is 23.2 Å². The molecule has 2 unspecified atom stereocenters. The van der Waals surface area contributed by atoms with Gasteiger partial charge in [-0.3, -0.25) is 4.79 Å². The van der Waals surface area contributed by atoms with Gasteiger partial charge in [-0.25, -0.2) is 0 Å². The Hall–Kier alpha value is -0.970. The molecule has 1 aromatic rings. The zero-order valence-corrected chi connectivity index (χ0v) is 13.0. The maximum absolute atomic E-state index is 12.3. The molecule has 0 bridgehead atoms. The molecule has 4 nitrogen and oxygen atoms in total. The van der Waals surface area contributed by atoms with Gasteiger partial charge in [0.25, 0.3) is 5.91 Å². The Morgan fingerprint density at radius 2 is 2.25 bits per heavy atom. The lowest BCUT2D eigenvalue weighted by atomic mass is 10.2. The number of halogens is 2. The molecule has 1 aliphatic rings. The minimum Gasteiger partial charge on any atom is -0.479 e. The fourth-order valence-corrected chi connectivity index (χ4v) is 2.59. The Morgan fingerprint density at radius 1 is 1.50 bits per heavy atom. The molecule has 1 heterocycles. The van der Waals surface area contributed by atoms with E-state index in [-0.39, 0.29) is 11.9 Å².